The lowest BCUT2D eigenvalue weighted by molar-refractivity contribution is -0.139. The van der Waals surface area contributed by atoms with E-state index in [9.17, 15) is 4.79 Å². The van der Waals surface area contributed by atoms with Gasteiger partial charge in [0.05, 0.1) is 7.11 Å². The summed E-state index contributed by atoms with van der Waals surface area (Å²) in [5.41, 5.74) is 0.821. The Morgan fingerprint density at radius 1 is 1.47 bits per heavy atom. The van der Waals surface area contributed by atoms with Gasteiger partial charge in [-0.15, -0.1) is 12.6 Å². The van der Waals surface area contributed by atoms with E-state index in [0.29, 0.717) is 16.4 Å². The smallest absolute Gasteiger partial charge is 0.341 e. The zero-order chi connectivity index (χ0) is 11.4. The molecule has 0 bridgehead atoms. The van der Waals surface area contributed by atoms with Crippen molar-refractivity contribution in [1.82, 2.24) is 0 Å². The number of thiol groups is 1. The van der Waals surface area contributed by atoms with Gasteiger partial charge in [0.1, 0.15) is 11.5 Å². The molecule has 4 nitrogen and oxygen atoms in total. The van der Waals surface area contributed by atoms with Crippen molar-refractivity contribution in [2.45, 2.75) is 11.8 Å². The van der Waals surface area contributed by atoms with Gasteiger partial charge in [-0.25, -0.2) is 4.79 Å². The minimum absolute atomic E-state index is 0.365. The summed E-state index contributed by atoms with van der Waals surface area (Å²) in [6.45, 7) is 1.45. The number of hydrogen-bond donors (Lipinski definition) is 2. The molecule has 0 aliphatic rings. The molecule has 0 amide bonds. The van der Waals surface area contributed by atoms with Crippen LogP contribution in [-0.4, -0.2) is 24.8 Å². The van der Waals surface area contributed by atoms with E-state index in [1.54, 1.807) is 12.1 Å². The van der Waals surface area contributed by atoms with E-state index in [1.165, 1.54) is 7.11 Å². The Morgan fingerprint density at radius 3 is 2.67 bits per heavy atom. The Balaban J connectivity index is 2.92. The fourth-order valence-electron chi connectivity index (χ4n) is 1.11. The molecule has 0 saturated heterocycles. The highest BCUT2D eigenvalue weighted by atomic mass is 32.1. The predicted octanol–water partition coefficient (Wildman–Crippen LogP) is 1.76. The number of benzene rings is 1. The van der Waals surface area contributed by atoms with Crippen LogP contribution in [0, 0.1) is 6.92 Å². The summed E-state index contributed by atoms with van der Waals surface area (Å²) in [5, 5.41) is 8.48. The standard InChI is InChI=1S/C10H12O4S/c1-6-3-9(15)8(13-2)4-7(6)14-5-10(11)12/h3-4,15H,5H2,1-2H3,(H,11,12). The molecule has 0 atom stereocenters. The zero-order valence-electron chi connectivity index (χ0n) is 8.48. The molecule has 1 rings (SSSR count). The molecule has 5 heteroatoms. The average molecular weight is 228 g/mol. The van der Waals surface area contributed by atoms with E-state index in [4.69, 9.17) is 14.6 Å². The van der Waals surface area contributed by atoms with Crippen LogP contribution in [0.3, 0.4) is 0 Å². The van der Waals surface area contributed by atoms with Gasteiger partial charge in [0, 0.05) is 11.0 Å². The first-order valence-electron chi connectivity index (χ1n) is 4.26. The number of ether oxygens (including phenoxy) is 2. The van der Waals surface area contributed by atoms with E-state index in [0.717, 1.165) is 5.56 Å². The van der Waals surface area contributed by atoms with E-state index in [2.05, 4.69) is 12.6 Å². The van der Waals surface area contributed by atoms with Gasteiger partial charge < -0.3 is 14.6 Å². The number of carboxylic acids is 1. The number of carbonyl (C=O) groups is 1. The molecule has 0 heterocycles. The number of carboxylic acid groups (broad SMARTS) is 1. The van der Waals surface area contributed by atoms with Gasteiger partial charge in [0.15, 0.2) is 6.61 Å². The van der Waals surface area contributed by atoms with Gasteiger partial charge in [0.25, 0.3) is 0 Å². The molecule has 0 saturated carbocycles. The van der Waals surface area contributed by atoms with Crippen molar-refractivity contribution in [3.05, 3.63) is 17.7 Å². The largest absolute Gasteiger partial charge is 0.495 e. The molecule has 15 heavy (non-hydrogen) atoms. The lowest BCUT2D eigenvalue weighted by Crippen LogP contribution is -2.10. The van der Waals surface area contributed by atoms with Crippen molar-refractivity contribution in [3.8, 4) is 11.5 Å². The molecule has 0 spiro atoms. The Morgan fingerprint density at radius 2 is 2.13 bits per heavy atom. The first-order chi connectivity index (χ1) is 7.04. The minimum Gasteiger partial charge on any atom is -0.495 e. The van der Waals surface area contributed by atoms with Crippen molar-refractivity contribution in [2.75, 3.05) is 13.7 Å². The van der Waals surface area contributed by atoms with Crippen LogP contribution in [0.5, 0.6) is 11.5 Å². The second-order valence-corrected chi connectivity index (χ2v) is 3.45. The highest BCUT2D eigenvalue weighted by Crippen LogP contribution is 2.30. The third-order valence-electron chi connectivity index (χ3n) is 1.83. The zero-order valence-corrected chi connectivity index (χ0v) is 9.38. The number of hydrogen-bond acceptors (Lipinski definition) is 4. The Bertz CT molecular complexity index is 376. The molecule has 0 fully saturated rings. The van der Waals surface area contributed by atoms with Crippen LogP contribution in [0.4, 0.5) is 0 Å². The third-order valence-corrected chi connectivity index (χ3v) is 2.18. The number of aryl methyl sites for hydroxylation is 1. The first-order valence-corrected chi connectivity index (χ1v) is 4.71. The van der Waals surface area contributed by atoms with E-state index in [-0.39, 0.29) is 6.61 Å². The third kappa shape index (κ3) is 3.06. The fourth-order valence-corrected chi connectivity index (χ4v) is 1.46. The molecule has 1 aromatic rings. The molecule has 0 aromatic heterocycles. The first kappa shape index (κ1) is 11.7. The summed E-state index contributed by atoms with van der Waals surface area (Å²) < 4.78 is 10.1. The van der Waals surface area contributed by atoms with Crippen LogP contribution < -0.4 is 9.47 Å². The van der Waals surface area contributed by atoms with Gasteiger partial charge in [-0.2, -0.15) is 0 Å². The van der Waals surface area contributed by atoms with Crippen molar-refractivity contribution < 1.29 is 19.4 Å². The van der Waals surface area contributed by atoms with Crippen LogP contribution >= 0.6 is 12.6 Å². The predicted molar refractivity (Wildman–Crippen MR) is 58.1 cm³/mol. The Kier molecular flexibility index (Phi) is 3.85. The van der Waals surface area contributed by atoms with E-state index < -0.39 is 5.97 Å². The molecule has 1 N–H and O–H groups in total. The van der Waals surface area contributed by atoms with Crippen molar-refractivity contribution >= 4 is 18.6 Å². The van der Waals surface area contributed by atoms with E-state index in [1.807, 2.05) is 6.92 Å². The summed E-state index contributed by atoms with van der Waals surface area (Å²) >= 11 is 4.21. The van der Waals surface area contributed by atoms with E-state index >= 15 is 0 Å². The van der Waals surface area contributed by atoms with Crippen molar-refractivity contribution in [1.29, 1.82) is 0 Å². The summed E-state index contributed by atoms with van der Waals surface area (Å²) in [4.78, 5) is 11.0. The second kappa shape index (κ2) is 4.93. The Labute approximate surface area is 93.2 Å². The van der Waals surface area contributed by atoms with Gasteiger partial charge >= 0.3 is 5.97 Å². The fraction of sp³-hybridized carbons (Fsp3) is 0.300. The van der Waals surface area contributed by atoms with Crippen LogP contribution in [0.1, 0.15) is 5.56 Å². The maximum absolute atomic E-state index is 10.3. The normalized spacial score (nSPS) is 9.80. The quantitative estimate of drug-likeness (QED) is 0.771. The number of rotatable bonds is 4. The van der Waals surface area contributed by atoms with Gasteiger partial charge in [-0.1, -0.05) is 0 Å². The summed E-state index contributed by atoms with van der Waals surface area (Å²) in [6, 6.07) is 3.39. The van der Waals surface area contributed by atoms with Gasteiger partial charge in [-0.05, 0) is 18.6 Å². The highest BCUT2D eigenvalue weighted by Gasteiger charge is 2.07. The Hall–Kier alpha value is -1.36. The number of methoxy groups -OCH3 is 1. The topological polar surface area (TPSA) is 55.8 Å². The molecule has 82 valence electrons. The second-order valence-electron chi connectivity index (χ2n) is 2.97. The lowest BCUT2D eigenvalue weighted by Gasteiger charge is -2.10. The molecule has 1 aromatic carbocycles. The highest BCUT2D eigenvalue weighted by molar-refractivity contribution is 7.80. The lowest BCUT2D eigenvalue weighted by atomic mass is 10.2. The van der Waals surface area contributed by atoms with Crippen LogP contribution in [-0.2, 0) is 4.79 Å². The molecular weight excluding hydrogens is 216 g/mol. The average Bonchev–Trinajstić information content (AvgIpc) is 2.16. The van der Waals surface area contributed by atoms with Crippen molar-refractivity contribution in [3.63, 3.8) is 0 Å². The maximum atomic E-state index is 10.3. The number of aliphatic carboxylic acids is 1. The molecule has 0 radical (unpaired) electrons. The molecular formula is C10H12O4S. The molecule has 0 unspecified atom stereocenters. The van der Waals surface area contributed by atoms with Crippen LogP contribution in [0.25, 0.3) is 0 Å². The van der Waals surface area contributed by atoms with Crippen LogP contribution in [0.2, 0.25) is 0 Å². The molecule has 0 aliphatic carbocycles. The van der Waals surface area contributed by atoms with Crippen molar-refractivity contribution in [2.24, 2.45) is 0 Å². The van der Waals surface area contributed by atoms with Gasteiger partial charge in [-0.3, -0.25) is 0 Å². The SMILES string of the molecule is COc1cc(OCC(=O)O)c(C)cc1S. The summed E-state index contributed by atoms with van der Waals surface area (Å²) in [5.74, 6) is 0.0414. The van der Waals surface area contributed by atoms with Crippen LogP contribution in [0.15, 0.2) is 17.0 Å². The maximum Gasteiger partial charge on any atom is 0.341 e. The molecule has 0 aliphatic heterocycles. The monoisotopic (exact) mass is 228 g/mol. The van der Waals surface area contributed by atoms with Gasteiger partial charge in [0.2, 0.25) is 0 Å². The summed E-state index contributed by atoms with van der Waals surface area (Å²) in [6.07, 6.45) is 0. The summed E-state index contributed by atoms with van der Waals surface area (Å²) in [7, 11) is 1.52. The minimum atomic E-state index is -1.01.